The van der Waals surface area contributed by atoms with Crippen molar-refractivity contribution in [3.05, 3.63) is 58.0 Å². The van der Waals surface area contributed by atoms with E-state index in [1.165, 1.54) is 12.1 Å². The molecule has 1 aromatic carbocycles. The minimum absolute atomic E-state index is 0.106. The summed E-state index contributed by atoms with van der Waals surface area (Å²) in [4.78, 5) is 21.6. The van der Waals surface area contributed by atoms with Crippen LogP contribution in [0.5, 0.6) is 0 Å². The Morgan fingerprint density at radius 2 is 1.85 bits per heavy atom. The van der Waals surface area contributed by atoms with E-state index in [0.29, 0.717) is 42.0 Å². The number of anilines is 1. The topological polar surface area (TPSA) is 36.4 Å². The van der Waals surface area contributed by atoms with Crippen LogP contribution in [0.15, 0.2) is 36.5 Å². The Labute approximate surface area is 167 Å². The van der Waals surface area contributed by atoms with Gasteiger partial charge in [0.1, 0.15) is 11.6 Å². The first-order valence-electron chi connectivity index (χ1n) is 9.11. The summed E-state index contributed by atoms with van der Waals surface area (Å²) in [5.74, 6) is 0.505. The van der Waals surface area contributed by atoms with Crippen LogP contribution in [0, 0.1) is 5.82 Å². The van der Waals surface area contributed by atoms with Crippen molar-refractivity contribution in [3.8, 4) is 0 Å². The fourth-order valence-corrected chi connectivity index (χ4v) is 4.51. The van der Waals surface area contributed by atoms with Crippen LogP contribution in [-0.4, -0.2) is 42.0 Å². The Bertz CT molecular complexity index is 864. The lowest BCUT2D eigenvalue weighted by Crippen LogP contribution is -2.57. The fraction of sp³-hybridized carbons (Fsp3) is 0.400. The maximum Gasteiger partial charge on any atom is 0.233 e. The summed E-state index contributed by atoms with van der Waals surface area (Å²) in [5.41, 5.74) is 0.226. The summed E-state index contributed by atoms with van der Waals surface area (Å²) in [6.07, 6.45) is 4.13. The van der Waals surface area contributed by atoms with Crippen molar-refractivity contribution in [2.24, 2.45) is 0 Å². The lowest BCUT2D eigenvalue weighted by Gasteiger charge is -2.46. The monoisotopic (exact) mass is 407 g/mol. The maximum atomic E-state index is 13.7. The van der Waals surface area contributed by atoms with Gasteiger partial charge in [-0.25, -0.2) is 9.37 Å². The van der Waals surface area contributed by atoms with Crippen LogP contribution >= 0.6 is 23.2 Å². The third-order valence-electron chi connectivity index (χ3n) is 5.65. The van der Waals surface area contributed by atoms with Gasteiger partial charge in [0.2, 0.25) is 5.91 Å². The number of nitrogens with zero attached hydrogens (tertiary/aromatic N) is 3. The number of halogens is 3. The summed E-state index contributed by atoms with van der Waals surface area (Å²) in [7, 11) is 0. The van der Waals surface area contributed by atoms with Crippen molar-refractivity contribution in [2.75, 3.05) is 31.1 Å². The second-order valence-electron chi connectivity index (χ2n) is 7.18. The van der Waals surface area contributed by atoms with E-state index in [4.69, 9.17) is 23.2 Å². The summed E-state index contributed by atoms with van der Waals surface area (Å²) in [6, 6.07) is 8.15. The van der Waals surface area contributed by atoms with Crippen LogP contribution < -0.4 is 4.90 Å². The highest BCUT2D eigenvalue weighted by Gasteiger charge is 2.48. The molecule has 7 heteroatoms. The van der Waals surface area contributed by atoms with Crippen molar-refractivity contribution in [2.45, 2.75) is 24.7 Å². The van der Waals surface area contributed by atoms with Crippen molar-refractivity contribution >= 4 is 34.9 Å². The van der Waals surface area contributed by atoms with Crippen LogP contribution in [-0.2, 0) is 10.2 Å². The predicted molar refractivity (Wildman–Crippen MR) is 105 cm³/mol. The number of carbonyl (C=O) groups excluding carboxylic acids is 1. The van der Waals surface area contributed by atoms with E-state index in [2.05, 4.69) is 9.88 Å². The highest BCUT2D eigenvalue weighted by molar-refractivity contribution is 6.36. The van der Waals surface area contributed by atoms with E-state index in [1.54, 1.807) is 18.3 Å². The number of hydrogen-bond acceptors (Lipinski definition) is 3. The normalized spacial score (nSPS) is 18.9. The van der Waals surface area contributed by atoms with Gasteiger partial charge in [-0.05, 0) is 36.6 Å². The molecule has 2 fully saturated rings. The van der Waals surface area contributed by atoms with E-state index >= 15 is 0 Å². The number of benzene rings is 1. The van der Waals surface area contributed by atoms with Gasteiger partial charge in [-0.2, -0.15) is 0 Å². The van der Waals surface area contributed by atoms with E-state index in [9.17, 15) is 9.18 Å². The summed E-state index contributed by atoms with van der Waals surface area (Å²) >= 11 is 12.2. The van der Waals surface area contributed by atoms with Gasteiger partial charge in [-0.1, -0.05) is 41.8 Å². The highest BCUT2D eigenvalue weighted by Crippen LogP contribution is 2.45. The summed E-state index contributed by atoms with van der Waals surface area (Å²) in [5, 5.41) is 1.01. The summed E-state index contributed by atoms with van der Waals surface area (Å²) in [6.45, 7) is 2.49. The van der Waals surface area contributed by atoms with Gasteiger partial charge in [0.05, 0.1) is 15.5 Å². The number of piperazine rings is 1. The van der Waals surface area contributed by atoms with E-state index < -0.39 is 5.41 Å². The van der Waals surface area contributed by atoms with Crippen LogP contribution in [0.2, 0.25) is 10.0 Å². The molecule has 0 unspecified atom stereocenters. The van der Waals surface area contributed by atoms with Crippen molar-refractivity contribution in [3.63, 3.8) is 0 Å². The number of pyridine rings is 1. The van der Waals surface area contributed by atoms with Gasteiger partial charge in [0.15, 0.2) is 0 Å². The molecule has 1 saturated carbocycles. The average molecular weight is 408 g/mol. The Kier molecular flexibility index (Phi) is 4.99. The Hall–Kier alpha value is -1.85. The van der Waals surface area contributed by atoms with Crippen molar-refractivity contribution in [1.29, 1.82) is 0 Å². The van der Waals surface area contributed by atoms with Crippen LogP contribution in [0.4, 0.5) is 10.2 Å². The lowest BCUT2D eigenvalue weighted by molar-refractivity contribution is -0.141. The van der Waals surface area contributed by atoms with Crippen molar-refractivity contribution in [1.82, 2.24) is 9.88 Å². The third-order valence-corrected chi connectivity index (χ3v) is 6.13. The summed E-state index contributed by atoms with van der Waals surface area (Å²) < 4.78 is 13.7. The SMILES string of the molecule is O=C(N1CCN(c2ncc(Cl)cc2Cl)CC1)C1(c2cccc(F)c2)CCC1. The molecule has 1 aliphatic carbocycles. The fourth-order valence-electron chi connectivity index (χ4n) is 4.01. The minimum atomic E-state index is -0.569. The lowest BCUT2D eigenvalue weighted by atomic mass is 9.63. The average Bonchev–Trinajstić information content (AvgIpc) is 2.61. The van der Waals surface area contributed by atoms with Gasteiger partial charge in [-0.15, -0.1) is 0 Å². The number of aromatic nitrogens is 1. The second kappa shape index (κ2) is 7.28. The van der Waals surface area contributed by atoms with Gasteiger partial charge >= 0.3 is 0 Å². The minimum Gasteiger partial charge on any atom is -0.352 e. The van der Waals surface area contributed by atoms with E-state index in [0.717, 1.165) is 24.8 Å². The second-order valence-corrected chi connectivity index (χ2v) is 8.03. The molecule has 4 rings (SSSR count). The molecular weight excluding hydrogens is 388 g/mol. The third kappa shape index (κ3) is 3.39. The maximum absolute atomic E-state index is 13.7. The molecule has 2 heterocycles. The molecule has 1 amide bonds. The molecule has 27 heavy (non-hydrogen) atoms. The van der Waals surface area contributed by atoms with Crippen LogP contribution in [0.25, 0.3) is 0 Å². The molecule has 1 aliphatic heterocycles. The highest BCUT2D eigenvalue weighted by atomic mass is 35.5. The zero-order valence-corrected chi connectivity index (χ0v) is 16.3. The first kappa shape index (κ1) is 18.5. The first-order chi connectivity index (χ1) is 13.0. The molecule has 142 valence electrons. The molecule has 1 aromatic heterocycles. The molecular formula is C20H20Cl2FN3O. The molecule has 4 nitrogen and oxygen atoms in total. The predicted octanol–water partition coefficient (Wildman–Crippen LogP) is 4.30. The molecule has 0 radical (unpaired) electrons. The number of amides is 1. The number of carbonyl (C=O) groups is 1. The molecule has 0 atom stereocenters. The van der Waals surface area contributed by atoms with Crippen molar-refractivity contribution < 1.29 is 9.18 Å². The Morgan fingerprint density at radius 3 is 2.44 bits per heavy atom. The smallest absolute Gasteiger partial charge is 0.233 e. The Balaban J connectivity index is 1.48. The van der Waals surface area contributed by atoms with Gasteiger partial charge in [-0.3, -0.25) is 4.79 Å². The zero-order chi connectivity index (χ0) is 19.0. The van der Waals surface area contributed by atoms with Gasteiger partial charge < -0.3 is 9.80 Å². The molecule has 1 saturated heterocycles. The zero-order valence-electron chi connectivity index (χ0n) is 14.8. The van der Waals surface area contributed by atoms with Gasteiger partial charge in [0, 0.05) is 32.4 Å². The number of rotatable bonds is 3. The Morgan fingerprint density at radius 1 is 1.11 bits per heavy atom. The molecule has 0 bridgehead atoms. The molecule has 0 spiro atoms. The molecule has 0 N–H and O–H groups in total. The molecule has 2 aromatic rings. The largest absolute Gasteiger partial charge is 0.352 e. The van der Waals surface area contributed by atoms with Gasteiger partial charge in [0.25, 0.3) is 0 Å². The number of hydrogen-bond donors (Lipinski definition) is 0. The standard InChI is InChI=1S/C20H20Cl2FN3O/c21-15-12-17(22)18(24-13-15)25-7-9-26(10-8-25)19(27)20(5-2-6-20)14-3-1-4-16(23)11-14/h1,3-4,11-13H,2,5-10H2. The van der Waals surface area contributed by atoms with Crippen LogP contribution in [0.1, 0.15) is 24.8 Å². The quantitative estimate of drug-likeness (QED) is 0.760. The van der Waals surface area contributed by atoms with Crippen LogP contribution in [0.3, 0.4) is 0 Å². The van der Waals surface area contributed by atoms with E-state index in [1.807, 2.05) is 11.0 Å². The first-order valence-corrected chi connectivity index (χ1v) is 9.87. The van der Waals surface area contributed by atoms with E-state index in [-0.39, 0.29) is 11.7 Å². The molecule has 2 aliphatic rings.